The fraction of sp³-hybridized carbons (Fsp3) is 0.227. The Morgan fingerprint density at radius 1 is 1.06 bits per heavy atom. The highest BCUT2D eigenvalue weighted by molar-refractivity contribution is 7.93. The van der Waals surface area contributed by atoms with Gasteiger partial charge in [-0.2, -0.15) is 0 Å². The highest BCUT2D eigenvalue weighted by Crippen LogP contribution is 2.31. The quantitative estimate of drug-likeness (QED) is 0.545. The summed E-state index contributed by atoms with van der Waals surface area (Å²) in [6, 6.07) is 14.7. The summed E-state index contributed by atoms with van der Waals surface area (Å²) in [7, 11) is -1.21. The van der Waals surface area contributed by atoms with Crippen LogP contribution >= 0.6 is 0 Å². The Hall–Kier alpha value is -3.46. The summed E-state index contributed by atoms with van der Waals surface area (Å²) < 4.78 is 43.9. The van der Waals surface area contributed by atoms with Crippen LogP contribution in [0.5, 0.6) is 11.5 Å². The average molecular weight is 445 g/mol. The molecule has 31 heavy (non-hydrogen) atoms. The Balaban J connectivity index is 1.96. The number of carbonyl (C=O) groups is 1. The van der Waals surface area contributed by atoms with E-state index in [1.165, 1.54) is 26.5 Å². The van der Waals surface area contributed by atoms with Crippen molar-refractivity contribution >= 4 is 21.6 Å². The number of ether oxygens (including phenoxy) is 2. The molecule has 9 heteroatoms. The van der Waals surface area contributed by atoms with Gasteiger partial charge in [0.05, 0.1) is 32.7 Å². The summed E-state index contributed by atoms with van der Waals surface area (Å²) in [5.74, 6) is 0.839. The first-order valence-corrected chi connectivity index (χ1v) is 10.9. The average Bonchev–Trinajstić information content (AvgIpc) is 3.30. The second kappa shape index (κ2) is 9.57. The zero-order chi connectivity index (χ0) is 22.4. The number of anilines is 1. The van der Waals surface area contributed by atoms with Crippen LogP contribution in [0.15, 0.2) is 70.2 Å². The molecule has 0 saturated carbocycles. The van der Waals surface area contributed by atoms with Crippen LogP contribution < -0.4 is 19.1 Å². The van der Waals surface area contributed by atoms with E-state index in [2.05, 4.69) is 5.32 Å². The molecule has 1 N–H and O–H groups in total. The number of furan rings is 1. The highest BCUT2D eigenvalue weighted by atomic mass is 32.2. The number of rotatable bonds is 9. The first kappa shape index (κ1) is 22.2. The zero-order valence-corrected chi connectivity index (χ0v) is 18.3. The molecule has 3 aromatic rings. The van der Waals surface area contributed by atoms with Crippen LogP contribution in [0.3, 0.4) is 0 Å². The van der Waals surface area contributed by atoms with E-state index in [0.717, 1.165) is 9.87 Å². The van der Waals surface area contributed by atoms with Crippen LogP contribution in [0.4, 0.5) is 5.69 Å². The van der Waals surface area contributed by atoms with Crippen molar-refractivity contribution in [2.75, 3.05) is 25.1 Å². The minimum absolute atomic E-state index is 0.0235. The van der Waals surface area contributed by atoms with Gasteiger partial charge < -0.3 is 19.2 Å². The summed E-state index contributed by atoms with van der Waals surface area (Å²) in [5, 5.41) is 2.68. The van der Waals surface area contributed by atoms with Crippen molar-refractivity contribution in [2.24, 2.45) is 0 Å². The molecule has 0 fully saturated rings. The molecule has 0 spiro atoms. The highest BCUT2D eigenvalue weighted by Gasteiger charge is 2.30. The number of hydrogen-bond donors (Lipinski definition) is 1. The molecule has 1 aromatic heterocycles. The molecule has 0 unspecified atom stereocenters. The van der Waals surface area contributed by atoms with Crippen molar-refractivity contribution in [3.63, 3.8) is 0 Å². The van der Waals surface area contributed by atoms with Crippen LogP contribution in [0.1, 0.15) is 11.3 Å². The normalized spacial score (nSPS) is 11.1. The SMILES string of the molecule is COc1ccc(N(CC(=O)NCc2ccco2)S(=O)(=O)c2cc(C)ccc2OC)cc1. The molecule has 0 radical (unpaired) electrons. The van der Waals surface area contributed by atoms with E-state index in [1.807, 2.05) is 0 Å². The Kier molecular flexibility index (Phi) is 6.86. The maximum absolute atomic E-state index is 13.6. The zero-order valence-electron chi connectivity index (χ0n) is 17.5. The molecule has 0 bridgehead atoms. The second-order valence-electron chi connectivity index (χ2n) is 6.72. The Bertz CT molecular complexity index is 1130. The third kappa shape index (κ3) is 5.18. The first-order valence-electron chi connectivity index (χ1n) is 9.45. The van der Waals surface area contributed by atoms with Gasteiger partial charge in [0, 0.05) is 0 Å². The van der Waals surface area contributed by atoms with E-state index in [-0.39, 0.29) is 17.2 Å². The lowest BCUT2D eigenvalue weighted by atomic mass is 10.2. The van der Waals surface area contributed by atoms with Gasteiger partial charge in [-0.05, 0) is 61.0 Å². The molecule has 0 aliphatic heterocycles. The van der Waals surface area contributed by atoms with Gasteiger partial charge in [-0.25, -0.2) is 8.42 Å². The molecule has 0 aliphatic rings. The van der Waals surface area contributed by atoms with Crippen LogP contribution in [0.2, 0.25) is 0 Å². The van der Waals surface area contributed by atoms with Crippen LogP contribution in [-0.4, -0.2) is 35.1 Å². The lowest BCUT2D eigenvalue weighted by molar-refractivity contribution is -0.119. The fourth-order valence-electron chi connectivity index (χ4n) is 2.95. The lowest BCUT2D eigenvalue weighted by Gasteiger charge is -2.25. The smallest absolute Gasteiger partial charge is 0.268 e. The van der Waals surface area contributed by atoms with Crippen molar-refractivity contribution in [3.8, 4) is 11.5 Å². The van der Waals surface area contributed by atoms with Gasteiger partial charge in [0.2, 0.25) is 5.91 Å². The monoisotopic (exact) mass is 444 g/mol. The van der Waals surface area contributed by atoms with Crippen molar-refractivity contribution < 1.29 is 27.1 Å². The molecule has 3 rings (SSSR count). The third-order valence-electron chi connectivity index (χ3n) is 4.57. The number of sulfonamides is 1. The first-order chi connectivity index (χ1) is 14.8. The van der Waals surface area contributed by atoms with Crippen LogP contribution in [-0.2, 0) is 21.4 Å². The minimum atomic E-state index is -4.12. The molecule has 1 heterocycles. The number of methoxy groups -OCH3 is 2. The molecule has 0 atom stereocenters. The molecule has 8 nitrogen and oxygen atoms in total. The largest absolute Gasteiger partial charge is 0.497 e. The van der Waals surface area contributed by atoms with Crippen molar-refractivity contribution in [1.82, 2.24) is 5.32 Å². The number of carbonyl (C=O) groups excluding carboxylic acids is 1. The third-order valence-corrected chi connectivity index (χ3v) is 6.37. The summed E-state index contributed by atoms with van der Waals surface area (Å²) in [6.45, 7) is 1.51. The topological polar surface area (TPSA) is 98.1 Å². The predicted octanol–water partition coefficient (Wildman–Crippen LogP) is 3.12. The summed E-state index contributed by atoms with van der Waals surface area (Å²) in [6.07, 6.45) is 1.50. The molecule has 164 valence electrons. The van der Waals surface area contributed by atoms with Gasteiger partial charge in [-0.1, -0.05) is 6.07 Å². The van der Waals surface area contributed by atoms with E-state index in [9.17, 15) is 13.2 Å². The van der Waals surface area contributed by atoms with Gasteiger partial charge in [0.25, 0.3) is 10.0 Å². The number of nitrogens with one attached hydrogen (secondary N) is 1. The summed E-state index contributed by atoms with van der Waals surface area (Å²) >= 11 is 0. The van der Waals surface area contributed by atoms with E-state index >= 15 is 0 Å². The van der Waals surface area contributed by atoms with Crippen molar-refractivity contribution in [1.29, 1.82) is 0 Å². The Morgan fingerprint density at radius 2 is 1.81 bits per heavy atom. The van der Waals surface area contributed by atoms with Crippen molar-refractivity contribution in [2.45, 2.75) is 18.4 Å². The molecule has 1 amide bonds. The van der Waals surface area contributed by atoms with Gasteiger partial charge in [0.15, 0.2) is 0 Å². The maximum Gasteiger partial charge on any atom is 0.268 e. The number of hydrogen-bond acceptors (Lipinski definition) is 6. The van der Waals surface area contributed by atoms with E-state index < -0.39 is 22.5 Å². The number of aryl methyl sites for hydroxylation is 1. The van der Waals surface area contributed by atoms with E-state index in [0.29, 0.717) is 17.2 Å². The summed E-state index contributed by atoms with van der Waals surface area (Å²) in [5.41, 5.74) is 1.06. The standard InChI is InChI=1S/C22H24N2O6S/c1-16-6-11-20(29-3)21(13-16)31(26,27)24(17-7-9-18(28-2)10-8-17)15-22(25)23-14-19-5-4-12-30-19/h4-13H,14-15H2,1-3H3,(H,23,25). The Labute approximate surface area is 181 Å². The lowest BCUT2D eigenvalue weighted by Crippen LogP contribution is -2.40. The number of benzene rings is 2. The van der Waals surface area contributed by atoms with Crippen molar-refractivity contribution in [3.05, 3.63) is 72.2 Å². The molecule has 0 aliphatic carbocycles. The van der Waals surface area contributed by atoms with Gasteiger partial charge in [0.1, 0.15) is 28.7 Å². The number of amides is 1. The van der Waals surface area contributed by atoms with Gasteiger partial charge in [-0.3, -0.25) is 9.10 Å². The van der Waals surface area contributed by atoms with E-state index in [1.54, 1.807) is 55.5 Å². The summed E-state index contributed by atoms with van der Waals surface area (Å²) in [4.78, 5) is 12.6. The fourth-order valence-corrected chi connectivity index (χ4v) is 4.62. The molecule has 0 saturated heterocycles. The molecular weight excluding hydrogens is 420 g/mol. The van der Waals surface area contributed by atoms with Gasteiger partial charge >= 0.3 is 0 Å². The molecular formula is C22H24N2O6S. The number of nitrogens with zero attached hydrogens (tertiary/aromatic N) is 1. The predicted molar refractivity (Wildman–Crippen MR) is 116 cm³/mol. The van der Waals surface area contributed by atoms with Crippen LogP contribution in [0, 0.1) is 6.92 Å². The van der Waals surface area contributed by atoms with E-state index in [4.69, 9.17) is 13.9 Å². The molecule has 2 aromatic carbocycles. The second-order valence-corrected chi connectivity index (χ2v) is 8.55. The van der Waals surface area contributed by atoms with Gasteiger partial charge in [-0.15, -0.1) is 0 Å². The minimum Gasteiger partial charge on any atom is -0.497 e. The van der Waals surface area contributed by atoms with Crippen LogP contribution in [0.25, 0.3) is 0 Å². The Morgan fingerprint density at radius 3 is 2.42 bits per heavy atom. The maximum atomic E-state index is 13.6.